The van der Waals surface area contributed by atoms with E-state index in [1.165, 1.54) is 17.5 Å². The smallest absolute Gasteiger partial charge is 0.227 e. The minimum Gasteiger partial charge on any atom is -0.464 e. The molecule has 3 heterocycles. The summed E-state index contributed by atoms with van der Waals surface area (Å²) in [6.07, 6.45) is 7.06. The summed E-state index contributed by atoms with van der Waals surface area (Å²) in [4.78, 5) is 29.4. The third-order valence-electron chi connectivity index (χ3n) is 6.73. The Morgan fingerprint density at radius 2 is 1.69 bits per heavy atom. The summed E-state index contributed by atoms with van der Waals surface area (Å²) in [5, 5.41) is 1.08. The van der Waals surface area contributed by atoms with Crippen molar-refractivity contribution in [2.24, 2.45) is 5.92 Å². The maximum atomic E-state index is 12.9. The summed E-state index contributed by atoms with van der Waals surface area (Å²) >= 11 is 0. The van der Waals surface area contributed by atoms with E-state index in [0.717, 1.165) is 42.2 Å². The van der Waals surface area contributed by atoms with Gasteiger partial charge in [0.15, 0.2) is 0 Å². The number of hydrogen-bond donors (Lipinski definition) is 0. The number of aryl methyl sites for hydroxylation is 2. The highest BCUT2D eigenvalue weighted by Crippen LogP contribution is 2.31. The highest BCUT2D eigenvalue weighted by atomic mass is 16.5. The fourth-order valence-electron chi connectivity index (χ4n) is 4.98. The second kappa shape index (κ2) is 7.82. The quantitative estimate of drug-likeness (QED) is 0.800. The summed E-state index contributed by atoms with van der Waals surface area (Å²) in [5.74, 6) is 0.398. The third kappa shape index (κ3) is 3.66. The van der Waals surface area contributed by atoms with Crippen molar-refractivity contribution in [3.8, 4) is 0 Å². The second-order valence-corrected chi connectivity index (χ2v) is 8.50. The van der Waals surface area contributed by atoms with Crippen LogP contribution in [0, 0.1) is 5.92 Å². The highest BCUT2D eigenvalue weighted by molar-refractivity contribution is 5.89. The summed E-state index contributed by atoms with van der Waals surface area (Å²) in [5.41, 5.74) is 4.65. The molecular weight excluding hydrogens is 368 g/mol. The molecule has 2 aromatic rings. The lowest BCUT2D eigenvalue weighted by Crippen LogP contribution is -2.47. The average Bonchev–Trinajstić information content (AvgIpc) is 3.39. The van der Waals surface area contributed by atoms with Crippen molar-refractivity contribution in [3.05, 3.63) is 35.1 Å². The van der Waals surface area contributed by atoms with Crippen LogP contribution in [0.3, 0.4) is 0 Å². The second-order valence-electron chi connectivity index (χ2n) is 8.50. The summed E-state index contributed by atoms with van der Waals surface area (Å²) < 4.78 is 11.1. The molecule has 0 bridgehead atoms. The number of amides is 2. The number of piperidine rings is 1. The number of carbonyl (C=O) groups excluding carboxylic acids is 2. The summed E-state index contributed by atoms with van der Waals surface area (Å²) in [6, 6.07) is 4.37. The van der Waals surface area contributed by atoms with E-state index in [4.69, 9.17) is 9.15 Å². The molecule has 0 spiro atoms. The number of benzene rings is 1. The van der Waals surface area contributed by atoms with Crippen molar-refractivity contribution < 1.29 is 18.7 Å². The number of likely N-dealkylation sites (tertiary alicyclic amines) is 1. The van der Waals surface area contributed by atoms with E-state index in [9.17, 15) is 9.59 Å². The Labute approximate surface area is 170 Å². The van der Waals surface area contributed by atoms with E-state index >= 15 is 0 Å². The molecule has 2 saturated heterocycles. The number of ether oxygens (including phenoxy) is 1. The van der Waals surface area contributed by atoms with Crippen LogP contribution in [0.2, 0.25) is 0 Å². The van der Waals surface area contributed by atoms with E-state index < -0.39 is 0 Å². The number of carbonyl (C=O) groups is 2. The van der Waals surface area contributed by atoms with Gasteiger partial charge in [0.1, 0.15) is 5.58 Å². The van der Waals surface area contributed by atoms with Gasteiger partial charge in [0, 0.05) is 43.0 Å². The van der Waals surface area contributed by atoms with Gasteiger partial charge in [-0.3, -0.25) is 9.59 Å². The van der Waals surface area contributed by atoms with Crippen LogP contribution in [0.1, 0.15) is 36.0 Å². The van der Waals surface area contributed by atoms with Crippen LogP contribution >= 0.6 is 0 Å². The molecular formula is C23H28N2O4. The Bertz CT molecular complexity index is 920. The van der Waals surface area contributed by atoms with E-state index in [0.29, 0.717) is 45.8 Å². The molecule has 1 aliphatic carbocycles. The maximum absolute atomic E-state index is 12.9. The van der Waals surface area contributed by atoms with Gasteiger partial charge in [0.05, 0.1) is 25.9 Å². The van der Waals surface area contributed by atoms with Gasteiger partial charge < -0.3 is 19.0 Å². The van der Waals surface area contributed by atoms with Crippen LogP contribution in [0.5, 0.6) is 0 Å². The molecule has 0 atom stereocenters. The van der Waals surface area contributed by atoms with E-state index in [2.05, 4.69) is 12.1 Å². The van der Waals surface area contributed by atoms with Crippen LogP contribution in [-0.2, 0) is 33.6 Å². The van der Waals surface area contributed by atoms with Crippen LogP contribution in [0.15, 0.2) is 22.8 Å². The average molecular weight is 396 g/mol. The molecule has 0 unspecified atom stereocenters. The largest absolute Gasteiger partial charge is 0.464 e. The fourth-order valence-corrected chi connectivity index (χ4v) is 4.98. The van der Waals surface area contributed by atoms with Crippen molar-refractivity contribution in [2.75, 3.05) is 39.4 Å². The zero-order valence-corrected chi connectivity index (χ0v) is 16.8. The van der Waals surface area contributed by atoms with Crippen molar-refractivity contribution in [1.82, 2.24) is 9.80 Å². The summed E-state index contributed by atoms with van der Waals surface area (Å²) in [7, 11) is 0. The third-order valence-corrected chi connectivity index (χ3v) is 6.73. The van der Waals surface area contributed by atoms with Crippen molar-refractivity contribution in [2.45, 2.75) is 38.5 Å². The molecule has 2 fully saturated rings. The van der Waals surface area contributed by atoms with Gasteiger partial charge in [-0.25, -0.2) is 0 Å². The lowest BCUT2D eigenvalue weighted by Gasteiger charge is -2.35. The molecule has 29 heavy (non-hydrogen) atoms. The molecule has 0 radical (unpaired) electrons. The lowest BCUT2D eigenvalue weighted by molar-refractivity contribution is -0.143. The molecule has 0 N–H and O–H groups in total. The van der Waals surface area contributed by atoms with Gasteiger partial charge in [-0.1, -0.05) is 0 Å². The normalized spacial score (nSPS) is 20.3. The molecule has 6 heteroatoms. The first kappa shape index (κ1) is 18.7. The Morgan fingerprint density at radius 1 is 0.966 bits per heavy atom. The number of morpholine rings is 1. The molecule has 0 saturated carbocycles. The van der Waals surface area contributed by atoms with Gasteiger partial charge in [-0.05, 0) is 55.4 Å². The number of furan rings is 1. The van der Waals surface area contributed by atoms with Crippen LogP contribution < -0.4 is 0 Å². The van der Waals surface area contributed by atoms with E-state index in [1.54, 1.807) is 6.26 Å². The zero-order chi connectivity index (χ0) is 19.8. The first-order valence-electron chi connectivity index (χ1n) is 10.9. The Kier molecular flexibility index (Phi) is 5.04. The first-order valence-corrected chi connectivity index (χ1v) is 10.9. The zero-order valence-electron chi connectivity index (χ0n) is 16.8. The number of hydrogen-bond acceptors (Lipinski definition) is 4. The minimum absolute atomic E-state index is 0.0366. The minimum atomic E-state index is 0.0366. The Morgan fingerprint density at radius 3 is 2.45 bits per heavy atom. The Balaban J connectivity index is 1.20. The van der Waals surface area contributed by atoms with Gasteiger partial charge in [0.25, 0.3) is 0 Å². The van der Waals surface area contributed by atoms with Crippen molar-refractivity contribution in [1.29, 1.82) is 0 Å². The van der Waals surface area contributed by atoms with E-state index in [1.807, 2.05) is 9.80 Å². The van der Waals surface area contributed by atoms with Gasteiger partial charge in [-0.15, -0.1) is 0 Å². The van der Waals surface area contributed by atoms with E-state index in [-0.39, 0.29) is 17.7 Å². The molecule has 1 aromatic heterocycles. The highest BCUT2D eigenvalue weighted by Gasteiger charge is 2.31. The van der Waals surface area contributed by atoms with Crippen molar-refractivity contribution >= 4 is 22.8 Å². The first-order chi connectivity index (χ1) is 14.2. The molecule has 2 amide bonds. The van der Waals surface area contributed by atoms with Crippen LogP contribution in [0.4, 0.5) is 0 Å². The predicted molar refractivity (Wildman–Crippen MR) is 109 cm³/mol. The van der Waals surface area contributed by atoms with Gasteiger partial charge in [0.2, 0.25) is 11.8 Å². The van der Waals surface area contributed by atoms with Gasteiger partial charge in [-0.2, -0.15) is 0 Å². The molecule has 1 aromatic carbocycles. The van der Waals surface area contributed by atoms with Gasteiger partial charge >= 0.3 is 0 Å². The van der Waals surface area contributed by atoms with Crippen molar-refractivity contribution in [3.63, 3.8) is 0 Å². The fraction of sp³-hybridized carbons (Fsp3) is 0.565. The Hall–Kier alpha value is -2.34. The number of rotatable bonds is 3. The SMILES string of the molecule is O=C(Cc1coc2cc3c(cc12)CCC3)N1CCC(C(=O)N2CCOCC2)CC1. The molecule has 154 valence electrons. The van der Waals surface area contributed by atoms with Crippen LogP contribution in [0.25, 0.3) is 11.0 Å². The monoisotopic (exact) mass is 396 g/mol. The lowest BCUT2D eigenvalue weighted by atomic mass is 9.94. The topological polar surface area (TPSA) is 63.0 Å². The number of nitrogens with zero attached hydrogens (tertiary/aromatic N) is 2. The predicted octanol–water partition coefficient (Wildman–Crippen LogP) is 2.56. The molecule has 6 nitrogen and oxygen atoms in total. The number of fused-ring (bicyclic) bond motifs is 2. The molecule has 3 aliphatic rings. The standard InChI is InChI=1S/C23H28N2O4/c26-22(14-19-15-29-21-13-18-3-1-2-17(18)12-20(19)21)24-6-4-16(5-7-24)23(27)25-8-10-28-11-9-25/h12-13,15-16H,1-11,14H2. The molecule has 5 rings (SSSR count). The maximum Gasteiger partial charge on any atom is 0.227 e. The summed E-state index contributed by atoms with van der Waals surface area (Å²) in [6.45, 7) is 3.95. The molecule has 2 aliphatic heterocycles. The van der Waals surface area contributed by atoms with Crippen LogP contribution in [-0.4, -0.2) is 61.0 Å².